The van der Waals surface area contributed by atoms with Gasteiger partial charge in [0.05, 0.1) is 6.10 Å². The molecule has 1 heterocycles. The number of rotatable bonds is 4. The quantitative estimate of drug-likeness (QED) is 0.797. The molecule has 0 N–H and O–H groups in total. The highest BCUT2D eigenvalue weighted by Crippen LogP contribution is 2.25. The van der Waals surface area contributed by atoms with E-state index in [2.05, 4.69) is 11.8 Å². The molecule has 0 radical (unpaired) electrons. The number of carbonyl (C=O) groups excluding carboxylic acids is 1. The number of carbonyl (C=O) groups is 1. The number of halogens is 1. The zero-order chi connectivity index (χ0) is 18.7. The van der Waals surface area contributed by atoms with Crippen molar-refractivity contribution in [2.75, 3.05) is 31.1 Å². The van der Waals surface area contributed by atoms with E-state index in [-0.39, 0.29) is 12.0 Å². The van der Waals surface area contributed by atoms with Crippen molar-refractivity contribution in [1.82, 2.24) is 4.90 Å². The molecule has 4 nitrogen and oxygen atoms in total. The maximum absolute atomic E-state index is 12.7. The van der Waals surface area contributed by atoms with Crippen molar-refractivity contribution in [3.8, 4) is 5.75 Å². The van der Waals surface area contributed by atoms with Crippen LogP contribution in [0, 0.1) is 6.92 Å². The van der Waals surface area contributed by atoms with Gasteiger partial charge in [-0.3, -0.25) is 4.79 Å². The zero-order valence-corrected chi connectivity index (χ0v) is 16.3. The molecule has 1 saturated heterocycles. The minimum Gasteiger partial charge on any atom is -0.491 e. The second-order valence-electron chi connectivity index (χ2n) is 6.90. The van der Waals surface area contributed by atoms with Crippen LogP contribution in [0.25, 0.3) is 0 Å². The van der Waals surface area contributed by atoms with Crippen LogP contribution in [0.3, 0.4) is 0 Å². The highest BCUT2D eigenvalue weighted by atomic mass is 35.5. The van der Waals surface area contributed by atoms with Gasteiger partial charge in [0.2, 0.25) is 0 Å². The summed E-state index contributed by atoms with van der Waals surface area (Å²) in [4.78, 5) is 17.0. The lowest BCUT2D eigenvalue weighted by Crippen LogP contribution is -2.49. The summed E-state index contributed by atoms with van der Waals surface area (Å²) in [6.07, 6.45) is 0.125. The summed E-state index contributed by atoms with van der Waals surface area (Å²) in [6.45, 7) is 9.08. The standard InChI is InChI=1S/C21H25ClN2O2/c1-15(2)26-19-8-5-17(6-9-19)21(25)24-12-10-23(11-13-24)20-14-18(22)7-4-16(20)3/h4-9,14-15H,10-13H2,1-3H3. The SMILES string of the molecule is Cc1ccc(Cl)cc1N1CCN(C(=O)c2ccc(OC(C)C)cc2)CC1. The summed E-state index contributed by atoms with van der Waals surface area (Å²) < 4.78 is 5.64. The van der Waals surface area contributed by atoms with E-state index in [1.807, 2.05) is 61.2 Å². The molecular formula is C21H25ClN2O2. The highest BCUT2D eigenvalue weighted by molar-refractivity contribution is 6.30. The molecule has 0 bridgehead atoms. The van der Waals surface area contributed by atoms with Gasteiger partial charge in [0.25, 0.3) is 5.91 Å². The number of hydrogen-bond acceptors (Lipinski definition) is 3. The topological polar surface area (TPSA) is 32.8 Å². The number of anilines is 1. The minimum atomic E-state index is 0.0727. The maximum Gasteiger partial charge on any atom is 0.253 e. The molecule has 138 valence electrons. The third-order valence-corrected chi connectivity index (χ3v) is 4.79. The van der Waals surface area contributed by atoms with Gasteiger partial charge in [-0.15, -0.1) is 0 Å². The largest absolute Gasteiger partial charge is 0.491 e. The third kappa shape index (κ3) is 4.31. The Hall–Kier alpha value is -2.20. The van der Waals surface area contributed by atoms with Crippen molar-refractivity contribution in [3.63, 3.8) is 0 Å². The van der Waals surface area contributed by atoms with Gasteiger partial charge in [-0.2, -0.15) is 0 Å². The molecule has 26 heavy (non-hydrogen) atoms. The fraction of sp³-hybridized carbons (Fsp3) is 0.381. The van der Waals surface area contributed by atoms with Gasteiger partial charge in [-0.05, 0) is 62.7 Å². The molecule has 1 aliphatic rings. The van der Waals surface area contributed by atoms with Crippen molar-refractivity contribution in [3.05, 3.63) is 58.6 Å². The molecule has 0 unspecified atom stereocenters. The van der Waals surface area contributed by atoms with E-state index < -0.39 is 0 Å². The molecule has 0 spiro atoms. The first-order chi connectivity index (χ1) is 12.4. The fourth-order valence-corrected chi connectivity index (χ4v) is 3.37. The summed E-state index contributed by atoms with van der Waals surface area (Å²) in [5.41, 5.74) is 3.06. The average Bonchev–Trinajstić information content (AvgIpc) is 2.63. The van der Waals surface area contributed by atoms with E-state index in [4.69, 9.17) is 16.3 Å². The Morgan fingerprint density at radius 3 is 2.31 bits per heavy atom. The molecule has 5 heteroatoms. The molecule has 0 aromatic heterocycles. The monoisotopic (exact) mass is 372 g/mol. The molecule has 0 aliphatic carbocycles. The minimum absolute atomic E-state index is 0.0727. The van der Waals surface area contributed by atoms with Crippen LogP contribution in [0.1, 0.15) is 29.8 Å². The molecular weight excluding hydrogens is 348 g/mol. The maximum atomic E-state index is 12.7. The molecule has 2 aromatic carbocycles. The van der Waals surface area contributed by atoms with Crippen LogP contribution in [0.5, 0.6) is 5.75 Å². The van der Waals surface area contributed by atoms with E-state index >= 15 is 0 Å². The number of hydrogen-bond donors (Lipinski definition) is 0. The first kappa shape index (κ1) is 18.6. The predicted molar refractivity (Wildman–Crippen MR) is 107 cm³/mol. The second kappa shape index (κ2) is 8.00. The Bertz CT molecular complexity index is 766. The van der Waals surface area contributed by atoms with Crippen LogP contribution in [-0.2, 0) is 0 Å². The number of aryl methyl sites for hydroxylation is 1. The number of piperazine rings is 1. The van der Waals surface area contributed by atoms with Crippen molar-refractivity contribution in [1.29, 1.82) is 0 Å². The van der Waals surface area contributed by atoms with Crippen molar-refractivity contribution in [2.24, 2.45) is 0 Å². The van der Waals surface area contributed by atoms with Crippen molar-refractivity contribution in [2.45, 2.75) is 26.9 Å². The Balaban J connectivity index is 1.62. The van der Waals surface area contributed by atoms with E-state index in [9.17, 15) is 4.79 Å². The Morgan fingerprint density at radius 1 is 1.04 bits per heavy atom. The van der Waals surface area contributed by atoms with Crippen LogP contribution in [-0.4, -0.2) is 43.1 Å². The summed E-state index contributed by atoms with van der Waals surface area (Å²) in [5.74, 6) is 0.862. The van der Waals surface area contributed by atoms with Crippen LogP contribution < -0.4 is 9.64 Å². The molecule has 0 saturated carbocycles. The Kier molecular flexibility index (Phi) is 5.72. The van der Waals surface area contributed by atoms with Gasteiger partial charge in [-0.25, -0.2) is 0 Å². The Morgan fingerprint density at radius 2 is 1.69 bits per heavy atom. The van der Waals surface area contributed by atoms with Crippen LogP contribution >= 0.6 is 11.6 Å². The lowest BCUT2D eigenvalue weighted by molar-refractivity contribution is 0.0746. The van der Waals surface area contributed by atoms with Gasteiger partial charge in [-0.1, -0.05) is 17.7 Å². The van der Waals surface area contributed by atoms with E-state index in [1.54, 1.807) is 0 Å². The predicted octanol–water partition coefficient (Wildman–Crippen LogP) is 4.40. The summed E-state index contributed by atoms with van der Waals surface area (Å²) in [7, 11) is 0. The van der Waals surface area contributed by atoms with E-state index in [1.165, 1.54) is 5.56 Å². The van der Waals surface area contributed by atoms with Crippen molar-refractivity contribution >= 4 is 23.2 Å². The number of benzene rings is 2. The normalized spacial score (nSPS) is 14.7. The van der Waals surface area contributed by atoms with E-state index in [0.717, 1.165) is 29.5 Å². The summed E-state index contributed by atoms with van der Waals surface area (Å²) >= 11 is 6.14. The van der Waals surface area contributed by atoms with Crippen molar-refractivity contribution < 1.29 is 9.53 Å². The second-order valence-corrected chi connectivity index (χ2v) is 7.34. The molecule has 1 fully saturated rings. The first-order valence-electron chi connectivity index (χ1n) is 9.01. The molecule has 3 rings (SSSR count). The van der Waals surface area contributed by atoms with Gasteiger partial charge >= 0.3 is 0 Å². The van der Waals surface area contributed by atoms with Gasteiger partial charge in [0, 0.05) is 42.5 Å². The van der Waals surface area contributed by atoms with Gasteiger partial charge in [0.1, 0.15) is 5.75 Å². The molecule has 1 amide bonds. The summed E-state index contributed by atoms with van der Waals surface area (Å²) in [6, 6.07) is 13.4. The molecule has 2 aromatic rings. The zero-order valence-electron chi connectivity index (χ0n) is 15.5. The van der Waals surface area contributed by atoms with Gasteiger partial charge < -0.3 is 14.5 Å². The number of nitrogens with zero attached hydrogens (tertiary/aromatic N) is 2. The lowest BCUT2D eigenvalue weighted by atomic mass is 10.1. The number of amides is 1. The first-order valence-corrected chi connectivity index (χ1v) is 9.39. The third-order valence-electron chi connectivity index (χ3n) is 4.55. The highest BCUT2D eigenvalue weighted by Gasteiger charge is 2.23. The number of ether oxygens (including phenoxy) is 1. The van der Waals surface area contributed by atoms with Gasteiger partial charge in [0.15, 0.2) is 0 Å². The lowest BCUT2D eigenvalue weighted by Gasteiger charge is -2.37. The van der Waals surface area contributed by atoms with Crippen LogP contribution in [0.15, 0.2) is 42.5 Å². The summed E-state index contributed by atoms with van der Waals surface area (Å²) in [5, 5.41) is 0.743. The molecule has 1 aliphatic heterocycles. The van der Waals surface area contributed by atoms with E-state index in [0.29, 0.717) is 18.7 Å². The Labute approximate surface area is 160 Å². The van der Waals surface area contributed by atoms with Crippen LogP contribution in [0.4, 0.5) is 5.69 Å². The fourth-order valence-electron chi connectivity index (χ4n) is 3.20. The van der Waals surface area contributed by atoms with Crippen LogP contribution in [0.2, 0.25) is 5.02 Å². The molecule has 0 atom stereocenters. The smallest absolute Gasteiger partial charge is 0.253 e. The average molecular weight is 373 g/mol.